The Morgan fingerprint density at radius 2 is 2.26 bits per heavy atom. The third-order valence-corrected chi connectivity index (χ3v) is 7.61. The zero-order chi connectivity index (χ0) is 19.4. The first-order valence-corrected chi connectivity index (χ1v) is 10.7. The average Bonchev–Trinajstić information content (AvgIpc) is 3.33. The van der Waals surface area contributed by atoms with Crippen LogP contribution in [0.1, 0.15) is 24.3 Å². The molecule has 27 heavy (non-hydrogen) atoms. The van der Waals surface area contributed by atoms with Gasteiger partial charge in [0, 0.05) is 45.1 Å². The van der Waals surface area contributed by atoms with E-state index in [1.165, 1.54) is 18.4 Å². The summed E-state index contributed by atoms with van der Waals surface area (Å²) in [5, 5.41) is 3.82. The number of rotatable bonds is 6. The van der Waals surface area contributed by atoms with Crippen molar-refractivity contribution in [3.05, 3.63) is 17.5 Å². The van der Waals surface area contributed by atoms with Gasteiger partial charge in [-0.2, -0.15) is 12.7 Å². The predicted molar refractivity (Wildman–Crippen MR) is 96.0 cm³/mol. The van der Waals surface area contributed by atoms with Gasteiger partial charge in [0.05, 0.1) is 30.4 Å². The Morgan fingerprint density at radius 1 is 1.48 bits per heavy atom. The van der Waals surface area contributed by atoms with Crippen molar-refractivity contribution in [2.75, 3.05) is 33.7 Å². The minimum Gasteiger partial charge on any atom is -0.369 e. The zero-order valence-electron chi connectivity index (χ0n) is 15.8. The van der Waals surface area contributed by atoms with Crippen LogP contribution in [0.25, 0.3) is 0 Å². The lowest BCUT2D eigenvalue weighted by atomic mass is 9.74. The molecule has 3 aliphatic rings. The van der Waals surface area contributed by atoms with Gasteiger partial charge in [0.15, 0.2) is 0 Å². The maximum absolute atomic E-state index is 12.7. The van der Waals surface area contributed by atoms with E-state index in [1.807, 2.05) is 11.8 Å². The van der Waals surface area contributed by atoms with Crippen LogP contribution in [0.2, 0.25) is 0 Å². The van der Waals surface area contributed by atoms with Crippen LogP contribution in [0.4, 0.5) is 0 Å². The fourth-order valence-electron chi connectivity index (χ4n) is 4.74. The second-order valence-corrected chi connectivity index (χ2v) is 10.0. The van der Waals surface area contributed by atoms with Crippen molar-refractivity contribution in [2.24, 2.45) is 11.8 Å². The molecule has 0 radical (unpaired) electrons. The van der Waals surface area contributed by atoms with E-state index in [0.717, 1.165) is 18.5 Å². The van der Waals surface area contributed by atoms with Crippen LogP contribution < -0.4 is 4.72 Å². The van der Waals surface area contributed by atoms with E-state index in [9.17, 15) is 13.2 Å². The number of aromatic nitrogens is 1. The van der Waals surface area contributed by atoms with Crippen molar-refractivity contribution in [3.63, 3.8) is 0 Å². The number of carbonyl (C=O) groups excluding carboxylic acids is 1. The van der Waals surface area contributed by atoms with E-state index in [1.54, 1.807) is 6.07 Å². The molecule has 1 amide bonds. The number of aryl methyl sites for hydroxylation is 1. The lowest BCUT2D eigenvalue weighted by Gasteiger charge is -2.29. The van der Waals surface area contributed by atoms with E-state index < -0.39 is 10.2 Å². The predicted octanol–water partition coefficient (Wildman–Crippen LogP) is -0.0725. The van der Waals surface area contributed by atoms with Crippen molar-refractivity contribution in [1.82, 2.24) is 19.1 Å². The standard InChI is InChI=1S/C17H26N4O5S/c1-11-6-12(26-19-11)7-16(22)21-9-14-13(8-18-27(23,24)20(2)3)15-4-5-17(14,10-21)25-15/h6,13-15,18H,4-5,7-10H2,1-3H3/t13-,14+,15+,17+/m0/s1. The third kappa shape index (κ3) is 3.28. The molecule has 4 rings (SSSR count). The molecule has 3 saturated heterocycles. The monoisotopic (exact) mass is 398 g/mol. The summed E-state index contributed by atoms with van der Waals surface area (Å²) in [6.45, 7) is 3.32. The highest BCUT2D eigenvalue weighted by molar-refractivity contribution is 7.87. The maximum Gasteiger partial charge on any atom is 0.278 e. The van der Waals surface area contributed by atoms with Crippen molar-refractivity contribution in [1.29, 1.82) is 0 Å². The van der Waals surface area contributed by atoms with Gasteiger partial charge in [-0.05, 0) is 19.8 Å². The number of hydrogen-bond donors (Lipinski definition) is 1. The molecule has 1 spiro atoms. The summed E-state index contributed by atoms with van der Waals surface area (Å²) in [7, 11) is -0.469. The number of fused-ring (bicyclic) bond motifs is 1. The first-order valence-electron chi connectivity index (χ1n) is 9.25. The quantitative estimate of drug-likeness (QED) is 0.719. The minimum absolute atomic E-state index is 0.00500. The highest BCUT2D eigenvalue weighted by atomic mass is 32.2. The molecule has 0 aromatic carbocycles. The van der Waals surface area contributed by atoms with E-state index in [0.29, 0.717) is 25.4 Å². The molecule has 0 saturated carbocycles. The van der Waals surface area contributed by atoms with Crippen molar-refractivity contribution in [3.8, 4) is 0 Å². The topological polar surface area (TPSA) is 105 Å². The van der Waals surface area contributed by atoms with Crippen molar-refractivity contribution in [2.45, 2.75) is 37.9 Å². The average molecular weight is 398 g/mol. The smallest absolute Gasteiger partial charge is 0.278 e. The first kappa shape index (κ1) is 18.9. The largest absolute Gasteiger partial charge is 0.369 e. The van der Waals surface area contributed by atoms with E-state index in [2.05, 4.69) is 9.88 Å². The first-order chi connectivity index (χ1) is 12.7. The molecule has 9 nitrogen and oxygen atoms in total. The lowest BCUT2D eigenvalue weighted by molar-refractivity contribution is -0.131. The molecule has 0 aliphatic carbocycles. The molecular formula is C17H26N4O5S. The third-order valence-electron chi connectivity index (χ3n) is 6.12. The van der Waals surface area contributed by atoms with Crippen LogP contribution in [0.5, 0.6) is 0 Å². The second kappa shape index (κ2) is 6.54. The molecule has 3 aliphatic heterocycles. The zero-order valence-corrected chi connectivity index (χ0v) is 16.7. The highest BCUT2D eigenvalue weighted by Gasteiger charge is 2.63. The van der Waals surface area contributed by atoms with Crippen LogP contribution in [-0.2, 0) is 26.2 Å². The molecule has 3 fully saturated rings. The number of nitrogens with zero attached hydrogens (tertiary/aromatic N) is 3. The molecule has 4 atom stereocenters. The summed E-state index contributed by atoms with van der Waals surface area (Å²) in [5.74, 6) is 0.794. The Morgan fingerprint density at radius 3 is 2.93 bits per heavy atom. The molecule has 2 bridgehead atoms. The number of likely N-dealkylation sites (tertiary alicyclic amines) is 1. The molecule has 150 valence electrons. The Balaban J connectivity index is 1.43. The second-order valence-electron chi connectivity index (χ2n) is 8.05. The van der Waals surface area contributed by atoms with Crippen LogP contribution in [0.3, 0.4) is 0 Å². The minimum atomic E-state index is -3.47. The fourth-order valence-corrected chi connectivity index (χ4v) is 5.41. The molecular weight excluding hydrogens is 372 g/mol. The molecule has 1 aromatic heterocycles. The molecule has 10 heteroatoms. The Kier molecular flexibility index (Phi) is 4.57. The van der Waals surface area contributed by atoms with Gasteiger partial charge in [0.1, 0.15) is 5.76 Å². The number of nitrogens with one attached hydrogen (secondary N) is 1. The van der Waals surface area contributed by atoms with Gasteiger partial charge in [-0.25, -0.2) is 4.72 Å². The summed E-state index contributed by atoms with van der Waals surface area (Å²) >= 11 is 0. The summed E-state index contributed by atoms with van der Waals surface area (Å²) < 4.78 is 39.4. The van der Waals surface area contributed by atoms with Gasteiger partial charge in [-0.1, -0.05) is 5.16 Å². The molecule has 1 aromatic rings. The Labute approximate surface area is 159 Å². The van der Waals surface area contributed by atoms with Gasteiger partial charge in [0.25, 0.3) is 10.2 Å². The van der Waals surface area contributed by atoms with Crippen LogP contribution >= 0.6 is 0 Å². The highest BCUT2D eigenvalue weighted by Crippen LogP contribution is 2.54. The van der Waals surface area contributed by atoms with Gasteiger partial charge in [-0.3, -0.25) is 4.79 Å². The SMILES string of the molecule is Cc1cc(CC(=O)N2C[C@@H]3[C@H](CNS(=O)(=O)N(C)C)[C@H]4CC[C@]3(C2)O4)on1. The summed E-state index contributed by atoms with van der Waals surface area (Å²) in [6.07, 6.45) is 2.08. The van der Waals surface area contributed by atoms with E-state index in [4.69, 9.17) is 9.26 Å². The number of ether oxygens (including phenoxy) is 1. The summed E-state index contributed by atoms with van der Waals surface area (Å²) in [5.41, 5.74) is 0.427. The number of amides is 1. The fraction of sp³-hybridized carbons (Fsp3) is 0.765. The van der Waals surface area contributed by atoms with Crippen LogP contribution in [-0.4, -0.2) is 74.1 Å². The Bertz CT molecular complexity index is 838. The van der Waals surface area contributed by atoms with Gasteiger partial charge < -0.3 is 14.2 Å². The molecule has 4 heterocycles. The number of hydrogen-bond acceptors (Lipinski definition) is 6. The van der Waals surface area contributed by atoms with Crippen molar-refractivity contribution >= 4 is 16.1 Å². The van der Waals surface area contributed by atoms with Gasteiger partial charge in [-0.15, -0.1) is 0 Å². The summed E-state index contributed by atoms with van der Waals surface area (Å²) in [6, 6.07) is 1.77. The normalized spacial score (nSPS) is 32.4. The molecule has 1 N–H and O–H groups in total. The molecule has 0 unspecified atom stereocenters. The van der Waals surface area contributed by atoms with Crippen molar-refractivity contribution < 1.29 is 22.5 Å². The van der Waals surface area contributed by atoms with E-state index in [-0.39, 0.29) is 35.9 Å². The van der Waals surface area contributed by atoms with E-state index >= 15 is 0 Å². The van der Waals surface area contributed by atoms with Crippen LogP contribution in [0, 0.1) is 18.8 Å². The maximum atomic E-state index is 12.7. The van der Waals surface area contributed by atoms with Crippen LogP contribution in [0.15, 0.2) is 10.6 Å². The number of carbonyl (C=O) groups is 1. The summed E-state index contributed by atoms with van der Waals surface area (Å²) in [4.78, 5) is 14.5. The van der Waals surface area contributed by atoms with Gasteiger partial charge in [0.2, 0.25) is 5.91 Å². The Hall–Kier alpha value is -1.49. The lowest BCUT2D eigenvalue weighted by Crippen LogP contribution is -2.44. The van der Waals surface area contributed by atoms with Gasteiger partial charge >= 0.3 is 0 Å².